The summed E-state index contributed by atoms with van der Waals surface area (Å²) in [7, 11) is 0. The second kappa shape index (κ2) is 4.31. The number of rotatable bonds is 2. The summed E-state index contributed by atoms with van der Waals surface area (Å²) in [5.41, 5.74) is 1.40. The van der Waals surface area contributed by atoms with Gasteiger partial charge < -0.3 is 4.98 Å². The molecule has 0 radical (unpaired) electrons. The lowest BCUT2D eigenvalue weighted by Crippen LogP contribution is -2.01. The number of nitrogens with one attached hydrogen (secondary N) is 1. The first-order valence-corrected chi connectivity index (χ1v) is 5.72. The van der Waals surface area contributed by atoms with Gasteiger partial charge in [0.05, 0.1) is 0 Å². The summed E-state index contributed by atoms with van der Waals surface area (Å²) in [5.74, 6) is -2.32. The molecule has 19 heavy (non-hydrogen) atoms. The summed E-state index contributed by atoms with van der Waals surface area (Å²) in [6.07, 6.45) is 1.58. The molecule has 0 amide bonds. The number of aromatic amines is 1. The molecule has 0 aliphatic carbocycles. The summed E-state index contributed by atoms with van der Waals surface area (Å²) in [6.45, 7) is 0. The van der Waals surface area contributed by atoms with Crippen LogP contribution >= 0.6 is 0 Å². The molecule has 1 heterocycles. The highest BCUT2D eigenvalue weighted by Crippen LogP contribution is 2.21. The number of H-pyrrole nitrogens is 1. The molecule has 4 heteroatoms. The minimum Gasteiger partial charge on any atom is -0.360 e. The van der Waals surface area contributed by atoms with E-state index in [2.05, 4.69) is 4.98 Å². The van der Waals surface area contributed by atoms with Crippen molar-refractivity contribution < 1.29 is 13.6 Å². The number of fused-ring (bicyclic) bond motifs is 1. The van der Waals surface area contributed by atoms with E-state index in [0.29, 0.717) is 5.56 Å². The Morgan fingerprint density at radius 2 is 1.79 bits per heavy atom. The first kappa shape index (κ1) is 11.6. The van der Waals surface area contributed by atoms with Crippen molar-refractivity contribution in [3.05, 3.63) is 71.4 Å². The highest BCUT2D eigenvalue weighted by Gasteiger charge is 2.15. The normalized spacial score (nSPS) is 10.8. The van der Waals surface area contributed by atoms with Crippen molar-refractivity contribution in [2.45, 2.75) is 0 Å². The maximum Gasteiger partial charge on any atom is 0.195 e. The Kier molecular flexibility index (Phi) is 2.63. The van der Waals surface area contributed by atoms with Gasteiger partial charge in [-0.25, -0.2) is 8.78 Å². The van der Waals surface area contributed by atoms with Crippen LogP contribution in [0.2, 0.25) is 0 Å². The third-order valence-corrected chi connectivity index (χ3v) is 3.02. The molecule has 0 unspecified atom stereocenters. The molecule has 94 valence electrons. The molecule has 0 aliphatic heterocycles. The molecule has 3 rings (SSSR count). The van der Waals surface area contributed by atoms with Crippen molar-refractivity contribution in [1.29, 1.82) is 0 Å². The molecule has 1 N–H and O–H groups in total. The second-order valence-corrected chi connectivity index (χ2v) is 4.21. The zero-order chi connectivity index (χ0) is 13.4. The molecular formula is C15H9F2NO. The molecule has 3 aromatic rings. The number of halogens is 2. The van der Waals surface area contributed by atoms with Crippen molar-refractivity contribution in [3.63, 3.8) is 0 Å². The standard InChI is InChI=1S/C15H9F2NO/c16-12-6-5-9(7-13(12)17)15(19)11-8-18-14-4-2-1-3-10(11)14/h1-8,18H. The number of carbonyl (C=O) groups excluding carboxylic acids is 1. The van der Waals surface area contributed by atoms with Crippen LogP contribution in [0.1, 0.15) is 15.9 Å². The predicted octanol–water partition coefficient (Wildman–Crippen LogP) is 3.68. The van der Waals surface area contributed by atoms with Crippen LogP contribution in [0.4, 0.5) is 8.78 Å². The first-order valence-electron chi connectivity index (χ1n) is 5.72. The lowest BCUT2D eigenvalue weighted by Gasteiger charge is -2.00. The van der Waals surface area contributed by atoms with Gasteiger partial charge in [0.1, 0.15) is 0 Å². The molecule has 2 aromatic carbocycles. The van der Waals surface area contributed by atoms with Crippen LogP contribution in [0.5, 0.6) is 0 Å². The Hall–Kier alpha value is -2.49. The number of hydrogen-bond donors (Lipinski definition) is 1. The van der Waals surface area contributed by atoms with Gasteiger partial charge in [-0.1, -0.05) is 18.2 Å². The molecule has 0 atom stereocenters. The zero-order valence-corrected chi connectivity index (χ0v) is 9.78. The second-order valence-electron chi connectivity index (χ2n) is 4.21. The van der Waals surface area contributed by atoms with Crippen LogP contribution in [0.3, 0.4) is 0 Å². The van der Waals surface area contributed by atoms with Crippen LogP contribution in [0.15, 0.2) is 48.7 Å². The minimum atomic E-state index is -1.02. The number of aromatic nitrogens is 1. The summed E-state index contributed by atoms with van der Waals surface area (Å²) >= 11 is 0. The Labute approximate surface area is 107 Å². The van der Waals surface area contributed by atoms with Crippen molar-refractivity contribution in [2.24, 2.45) is 0 Å². The minimum absolute atomic E-state index is 0.128. The first-order chi connectivity index (χ1) is 9.16. The van der Waals surface area contributed by atoms with Crippen LogP contribution in [-0.4, -0.2) is 10.8 Å². The average molecular weight is 257 g/mol. The maximum absolute atomic E-state index is 13.2. The van der Waals surface area contributed by atoms with Crippen LogP contribution < -0.4 is 0 Å². The molecular weight excluding hydrogens is 248 g/mol. The predicted molar refractivity (Wildman–Crippen MR) is 68.1 cm³/mol. The summed E-state index contributed by atoms with van der Waals surface area (Å²) in [5, 5.41) is 0.761. The van der Waals surface area contributed by atoms with Crippen LogP contribution in [-0.2, 0) is 0 Å². The van der Waals surface area contributed by atoms with Gasteiger partial charge in [-0.05, 0) is 24.3 Å². The molecule has 1 aromatic heterocycles. The van der Waals surface area contributed by atoms with Crippen molar-refractivity contribution >= 4 is 16.7 Å². The third kappa shape index (κ3) is 1.91. The number of hydrogen-bond acceptors (Lipinski definition) is 1. The van der Waals surface area contributed by atoms with Gasteiger partial charge in [-0.2, -0.15) is 0 Å². The van der Waals surface area contributed by atoms with Crippen molar-refractivity contribution in [1.82, 2.24) is 4.98 Å². The fourth-order valence-corrected chi connectivity index (χ4v) is 2.05. The molecule has 0 aliphatic rings. The van der Waals surface area contributed by atoms with Gasteiger partial charge in [0.25, 0.3) is 0 Å². The van der Waals surface area contributed by atoms with E-state index in [4.69, 9.17) is 0 Å². The Bertz CT molecular complexity index is 777. The lowest BCUT2D eigenvalue weighted by atomic mass is 10.0. The lowest BCUT2D eigenvalue weighted by molar-refractivity contribution is 0.104. The van der Waals surface area contributed by atoms with E-state index in [0.717, 1.165) is 23.0 Å². The summed E-state index contributed by atoms with van der Waals surface area (Å²) < 4.78 is 26.0. The number of carbonyl (C=O) groups is 1. The highest BCUT2D eigenvalue weighted by molar-refractivity contribution is 6.16. The van der Waals surface area contributed by atoms with E-state index in [9.17, 15) is 13.6 Å². The quantitative estimate of drug-likeness (QED) is 0.698. The van der Waals surface area contributed by atoms with E-state index in [1.807, 2.05) is 18.2 Å². The number of benzene rings is 2. The molecule has 0 fully saturated rings. The summed E-state index contributed by atoms with van der Waals surface area (Å²) in [6, 6.07) is 10.5. The van der Waals surface area contributed by atoms with Gasteiger partial charge >= 0.3 is 0 Å². The SMILES string of the molecule is O=C(c1ccc(F)c(F)c1)c1c[nH]c2ccccc12. The topological polar surface area (TPSA) is 32.9 Å². The van der Waals surface area contributed by atoms with Crippen molar-refractivity contribution in [3.8, 4) is 0 Å². The van der Waals surface area contributed by atoms with E-state index in [-0.39, 0.29) is 11.3 Å². The molecule has 0 spiro atoms. The number of ketones is 1. The smallest absolute Gasteiger partial charge is 0.195 e. The van der Waals surface area contributed by atoms with E-state index in [1.54, 1.807) is 12.3 Å². The average Bonchev–Trinajstić information content (AvgIpc) is 2.85. The van der Waals surface area contributed by atoms with Gasteiger partial charge in [-0.15, -0.1) is 0 Å². The third-order valence-electron chi connectivity index (χ3n) is 3.02. The number of para-hydroxylation sites is 1. The molecule has 0 bridgehead atoms. The van der Waals surface area contributed by atoms with Gasteiger partial charge in [0.2, 0.25) is 0 Å². The van der Waals surface area contributed by atoms with Crippen molar-refractivity contribution in [2.75, 3.05) is 0 Å². The van der Waals surface area contributed by atoms with Gasteiger partial charge in [0.15, 0.2) is 17.4 Å². The fourth-order valence-electron chi connectivity index (χ4n) is 2.05. The Balaban J connectivity index is 2.11. The maximum atomic E-state index is 13.2. The van der Waals surface area contributed by atoms with E-state index >= 15 is 0 Å². The Morgan fingerprint density at radius 1 is 1.00 bits per heavy atom. The zero-order valence-electron chi connectivity index (χ0n) is 9.78. The van der Waals surface area contributed by atoms with E-state index < -0.39 is 11.6 Å². The Morgan fingerprint density at radius 3 is 2.58 bits per heavy atom. The summed E-state index contributed by atoms with van der Waals surface area (Å²) in [4.78, 5) is 15.3. The molecule has 2 nitrogen and oxygen atoms in total. The molecule has 0 saturated carbocycles. The fraction of sp³-hybridized carbons (Fsp3) is 0. The largest absolute Gasteiger partial charge is 0.360 e. The van der Waals surface area contributed by atoms with Crippen LogP contribution in [0, 0.1) is 11.6 Å². The highest BCUT2D eigenvalue weighted by atomic mass is 19.2. The monoisotopic (exact) mass is 257 g/mol. The van der Waals surface area contributed by atoms with Crippen LogP contribution in [0.25, 0.3) is 10.9 Å². The molecule has 0 saturated heterocycles. The van der Waals surface area contributed by atoms with Gasteiger partial charge in [0, 0.05) is 28.2 Å². The van der Waals surface area contributed by atoms with Gasteiger partial charge in [-0.3, -0.25) is 4.79 Å². The van der Waals surface area contributed by atoms with E-state index in [1.165, 1.54) is 6.07 Å².